The van der Waals surface area contributed by atoms with Crippen molar-refractivity contribution in [2.75, 3.05) is 11.5 Å². The first-order valence-corrected chi connectivity index (χ1v) is 8.41. The molecular weight excluding hydrogens is 282 g/mol. The fourth-order valence-electron chi connectivity index (χ4n) is 2.16. The van der Waals surface area contributed by atoms with Crippen molar-refractivity contribution in [3.8, 4) is 17.2 Å². The molecular formula is C17H13NS2. The van der Waals surface area contributed by atoms with E-state index in [0.717, 1.165) is 26.9 Å². The molecule has 3 heteroatoms. The zero-order valence-electron chi connectivity index (χ0n) is 10.9. The lowest BCUT2D eigenvalue weighted by molar-refractivity contribution is 1.50. The minimum Gasteiger partial charge on any atom is -0.192 e. The van der Waals surface area contributed by atoms with Crippen molar-refractivity contribution in [3.63, 3.8) is 0 Å². The second-order valence-corrected chi connectivity index (χ2v) is 6.62. The van der Waals surface area contributed by atoms with E-state index >= 15 is 0 Å². The third-order valence-corrected chi connectivity index (χ3v) is 5.65. The van der Waals surface area contributed by atoms with Gasteiger partial charge in [-0.2, -0.15) is 5.26 Å². The fraction of sp³-hybridized carbons (Fsp3) is 0.118. The number of hydrogen-bond acceptors (Lipinski definition) is 3. The third kappa shape index (κ3) is 2.77. The molecule has 0 amide bonds. The molecule has 1 nitrogen and oxygen atoms in total. The highest BCUT2D eigenvalue weighted by Gasteiger charge is 2.15. The quantitative estimate of drug-likeness (QED) is 0.776. The molecule has 20 heavy (non-hydrogen) atoms. The Hall–Kier alpha value is -1.63. The number of nitrogens with zero attached hydrogens (tertiary/aromatic N) is 1. The van der Waals surface area contributed by atoms with E-state index in [2.05, 4.69) is 42.5 Å². The van der Waals surface area contributed by atoms with Crippen molar-refractivity contribution in [1.82, 2.24) is 0 Å². The molecule has 0 unspecified atom stereocenters. The Kier molecular flexibility index (Phi) is 4.15. The predicted molar refractivity (Wildman–Crippen MR) is 89.3 cm³/mol. The van der Waals surface area contributed by atoms with Gasteiger partial charge in [0.1, 0.15) is 6.07 Å². The van der Waals surface area contributed by atoms with Crippen LogP contribution < -0.4 is 0 Å². The van der Waals surface area contributed by atoms with E-state index in [4.69, 9.17) is 0 Å². The van der Waals surface area contributed by atoms with Crippen molar-refractivity contribution < 1.29 is 0 Å². The minimum absolute atomic E-state index is 0.855. The highest BCUT2D eigenvalue weighted by atomic mass is 32.2. The van der Waals surface area contributed by atoms with Crippen LogP contribution in [0.2, 0.25) is 0 Å². The first kappa shape index (κ1) is 13.4. The van der Waals surface area contributed by atoms with Gasteiger partial charge in [0.15, 0.2) is 0 Å². The van der Waals surface area contributed by atoms with Crippen LogP contribution in [0.1, 0.15) is 5.56 Å². The summed E-state index contributed by atoms with van der Waals surface area (Å²) in [6.07, 6.45) is 0. The molecule has 2 aromatic rings. The molecule has 0 spiro atoms. The fourth-order valence-corrected chi connectivity index (χ4v) is 4.38. The smallest absolute Gasteiger partial charge is 0.107 e. The normalized spacial score (nSPS) is 14.9. The van der Waals surface area contributed by atoms with Crippen LogP contribution in [0.25, 0.3) is 16.0 Å². The highest BCUT2D eigenvalue weighted by Crippen LogP contribution is 2.40. The van der Waals surface area contributed by atoms with Gasteiger partial charge in [-0.05, 0) is 16.7 Å². The molecule has 2 aromatic carbocycles. The number of benzene rings is 2. The molecule has 1 aliphatic rings. The Balaban J connectivity index is 1.94. The van der Waals surface area contributed by atoms with E-state index in [1.165, 1.54) is 11.1 Å². The molecule has 0 saturated carbocycles. The molecule has 0 bridgehead atoms. The van der Waals surface area contributed by atoms with Crippen molar-refractivity contribution in [3.05, 3.63) is 65.1 Å². The summed E-state index contributed by atoms with van der Waals surface area (Å²) in [4.78, 5) is 1.98. The van der Waals surface area contributed by atoms with Gasteiger partial charge in [-0.1, -0.05) is 54.6 Å². The summed E-state index contributed by atoms with van der Waals surface area (Å²) < 4.78 is 0. The third-order valence-electron chi connectivity index (χ3n) is 3.14. The van der Waals surface area contributed by atoms with E-state index in [-0.39, 0.29) is 0 Å². The minimum atomic E-state index is 0.855. The monoisotopic (exact) mass is 295 g/mol. The molecule has 3 rings (SSSR count). The number of allylic oxidation sites excluding steroid dienone is 1. The summed E-state index contributed by atoms with van der Waals surface area (Å²) in [5.41, 5.74) is 3.58. The van der Waals surface area contributed by atoms with E-state index in [1.54, 1.807) is 23.5 Å². The summed E-state index contributed by atoms with van der Waals surface area (Å²) in [5, 5.41) is 9.21. The van der Waals surface area contributed by atoms with Crippen LogP contribution in [-0.4, -0.2) is 11.5 Å². The topological polar surface area (TPSA) is 23.8 Å². The number of thioether (sulfide) groups is 2. The summed E-state index contributed by atoms with van der Waals surface area (Å²) in [7, 11) is 0. The highest BCUT2D eigenvalue weighted by molar-refractivity contribution is 8.13. The largest absolute Gasteiger partial charge is 0.192 e. The summed E-state index contributed by atoms with van der Waals surface area (Å²) in [5.74, 6) is 2.10. The second kappa shape index (κ2) is 6.21. The first-order valence-electron chi connectivity index (χ1n) is 6.44. The Bertz CT molecular complexity index is 666. The van der Waals surface area contributed by atoms with Crippen LogP contribution in [0.4, 0.5) is 0 Å². The van der Waals surface area contributed by atoms with Gasteiger partial charge in [0.25, 0.3) is 0 Å². The number of hydrogen-bond donors (Lipinski definition) is 0. The van der Waals surface area contributed by atoms with Gasteiger partial charge in [-0.15, -0.1) is 23.5 Å². The van der Waals surface area contributed by atoms with Crippen molar-refractivity contribution in [2.45, 2.75) is 0 Å². The average molecular weight is 295 g/mol. The standard InChI is InChI=1S/C17H13NS2/c18-12-16-17(20-11-10-19-16)15-8-6-14(7-9-15)13-4-2-1-3-5-13/h1-9H,10-11H2. The molecule has 0 fully saturated rings. The van der Waals surface area contributed by atoms with Gasteiger partial charge >= 0.3 is 0 Å². The lowest BCUT2D eigenvalue weighted by atomic mass is 10.0. The zero-order valence-corrected chi connectivity index (χ0v) is 12.5. The van der Waals surface area contributed by atoms with E-state index in [9.17, 15) is 5.26 Å². The van der Waals surface area contributed by atoms with E-state index in [0.29, 0.717) is 0 Å². The summed E-state index contributed by atoms with van der Waals surface area (Å²) in [6.45, 7) is 0. The van der Waals surface area contributed by atoms with Gasteiger partial charge in [0, 0.05) is 16.4 Å². The molecule has 0 radical (unpaired) electrons. The Morgan fingerprint density at radius 2 is 1.35 bits per heavy atom. The Morgan fingerprint density at radius 3 is 2.05 bits per heavy atom. The van der Waals surface area contributed by atoms with Crippen LogP contribution in [0.15, 0.2) is 59.5 Å². The number of rotatable bonds is 2. The maximum Gasteiger partial charge on any atom is 0.107 e. The Morgan fingerprint density at radius 1 is 0.750 bits per heavy atom. The lowest BCUT2D eigenvalue weighted by Crippen LogP contribution is -1.96. The van der Waals surface area contributed by atoms with Crippen LogP contribution in [0.3, 0.4) is 0 Å². The van der Waals surface area contributed by atoms with Gasteiger partial charge in [0.05, 0.1) is 4.91 Å². The second-order valence-electron chi connectivity index (χ2n) is 4.41. The van der Waals surface area contributed by atoms with Crippen molar-refractivity contribution >= 4 is 28.4 Å². The van der Waals surface area contributed by atoms with Gasteiger partial charge < -0.3 is 0 Å². The number of nitriles is 1. The molecule has 0 aliphatic carbocycles. The zero-order chi connectivity index (χ0) is 13.8. The van der Waals surface area contributed by atoms with Crippen molar-refractivity contribution in [1.29, 1.82) is 5.26 Å². The van der Waals surface area contributed by atoms with E-state index < -0.39 is 0 Å². The van der Waals surface area contributed by atoms with Crippen LogP contribution >= 0.6 is 23.5 Å². The molecule has 0 N–H and O–H groups in total. The maximum atomic E-state index is 9.21. The molecule has 1 heterocycles. The van der Waals surface area contributed by atoms with Crippen LogP contribution in [0, 0.1) is 11.3 Å². The van der Waals surface area contributed by atoms with Crippen molar-refractivity contribution in [2.24, 2.45) is 0 Å². The average Bonchev–Trinajstić information content (AvgIpc) is 2.56. The molecule has 98 valence electrons. The Labute approximate surface area is 127 Å². The maximum absolute atomic E-state index is 9.21. The lowest BCUT2D eigenvalue weighted by Gasteiger charge is -2.15. The first-order chi connectivity index (χ1) is 9.88. The summed E-state index contributed by atoms with van der Waals surface area (Å²) in [6, 6.07) is 21.2. The van der Waals surface area contributed by atoms with E-state index in [1.807, 2.05) is 18.2 Å². The predicted octanol–water partition coefficient (Wildman–Crippen LogP) is 5.03. The SMILES string of the molecule is N#CC1=C(c2ccc(-c3ccccc3)cc2)SCCS1. The van der Waals surface area contributed by atoms with Crippen LogP contribution in [0.5, 0.6) is 0 Å². The van der Waals surface area contributed by atoms with Crippen LogP contribution in [-0.2, 0) is 0 Å². The van der Waals surface area contributed by atoms with Gasteiger partial charge in [0.2, 0.25) is 0 Å². The molecule has 0 atom stereocenters. The van der Waals surface area contributed by atoms with Gasteiger partial charge in [-0.25, -0.2) is 0 Å². The summed E-state index contributed by atoms with van der Waals surface area (Å²) >= 11 is 3.45. The van der Waals surface area contributed by atoms with Gasteiger partial charge in [-0.3, -0.25) is 0 Å². The molecule has 0 aromatic heterocycles. The molecule has 0 saturated heterocycles. The molecule has 1 aliphatic heterocycles.